The van der Waals surface area contributed by atoms with E-state index in [-0.39, 0.29) is 11.9 Å². The minimum atomic E-state index is -0.00917. The van der Waals surface area contributed by atoms with Crippen LogP contribution in [-0.4, -0.2) is 60.7 Å². The van der Waals surface area contributed by atoms with Gasteiger partial charge >= 0.3 is 0 Å². The van der Waals surface area contributed by atoms with E-state index in [0.717, 1.165) is 55.5 Å². The van der Waals surface area contributed by atoms with Crippen molar-refractivity contribution in [1.29, 1.82) is 0 Å². The van der Waals surface area contributed by atoms with Gasteiger partial charge in [-0.05, 0) is 30.5 Å². The molecule has 158 valence electrons. The Labute approximate surface area is 173 Å². The Balaban J connectivity index is 1.47. The minimum absolute atomic E-state index is 0.00917. The van der Waals surface area contributed by atoms with Gasteiger partial charge in [0.15, 0.2) is 0 Å². The maximum atomic E-state index is 12.7. The summed E-state index contributed by atoms with van der Waals surface area (Å²) in [6, 6.07) is 9.89. The Hall–Kier alpha value is -2.38. The average molecular weight is 401 g/mol. The number of carbonyl (C=O) groups excluding carboxylic acids is 1. The molecule has 1 aliphatic heterocycles. The average Bonchev–Trinajstić information content (AvgIpc) is 3.12. The van der Waals surface area contributed by atoms with Crippen LogP contribution < -0.4 is 10.1 Å². The lowest BCUT2D eigenvalue weighted by Crippen LogP contribution is -2.49. The Kier molecular flexibility index (Phi) is 7.28. The lowest BCUT2D eigenvalue weighted by atomic mass is 9.96. The summed E-state index contributed by atoms with van der Waals surface area (Å²) in [4.78, 5) is 17.2. The molecule has 1 aromatic carbocycles. The first kappa shape index (κ1) is 21.3. The zero-order chi connectivity index (χ0) is 20.8. The standard InChI is InChI=1S/C22H32N4O3/c1-16(2)22(18-5-7-20(28-4)8-6-18)23-21(27)15-26-11-9-25(10-12-26)14-19-13-17(3)29-24-19/h5-8,13,16,22H,9-12,14-15H2,1-4H3,(H,23,27)/t22-/m1/s1. The number of nitrogens with one attached hydrogen (secondary N) is 1. The zero-order valence-corrected chi connectivity index (χ0v) is 17.9. The molecule has 7 heteroatoms. The van der Waals surface area contributed by atoms with E-state index in [1.165, 1.54) is 0 Å². The van der Waals surface area contributed by atoms with Crippen LogP contribution in [0, 0.1) is 12.8 Å². The fourth-order valence-electron chi connectivity index (χ4n) is 3.70. The molecule has 1 aliphatic rings. The van der Waals surface area contributed by atoms with Gasteiger partial charge in [0.25, 0.3) is 0 Å². The van der Waals surface area contributed by atoms with E-state index < -0.39 is 0 Å². The fraction of sp³-hybridized carbons (Fsp3) is 0.545. The summed E-state index contributed by atoms with van der Waals surface area (Å²) in [5.41, 5.74) is 2.06. The highest BCUT2D eigenvalue weighted by molar-refractivity contribution is 5.78. The summed E-state index contributed by atoms with van der Waals surface area (Å²) < 4.78 is 10.4. The van der Waals surface area contributed by atoms with E-state index in [9.17, 15) is 4.79 Å². The molecule has 0 saturated carbocycles. The summed E-state index contributed by atoms with van der Waals surface area (Å²) >= 11 is 0. The largest absolute Gasteiger partial charge is 0.497 e. The van der Waals surface area contributed by atoms with Gasteiger partial charge < -0.3 is 14.6 Å². The highest BCUT2D eigenvalue weighted by atomic mass is 16.5. The molecule has 1 atom stereocenters. The van der Waals surface area contributed by atoms with Crippen molar-refractivity contribution >= 4 is 5.91 Å². The highest BCUT2D eigenvalue weighted by Crippen LogP contribution is 2.24. The number of aromatic nitrogens is 1. The van der Waals surface area contributed by atoms with Crippen LogP contribution in [-0.2, 0) is 11.3 Å². The Bertz CT molecular complexity index is 780. The van der Waals surface area contributed by atoms with Crippen LogP contribution in [0.4, 0.5) is 0 Å². The molecule has 0 aliphatic carbocycles. The summed E-state index contributed by atoms with van der Waals surface area (Å²) in [5, 5.41) is 7.28. The van der Waals surface area contributed by atoms with Crippen LogP contribution in [0.5, 0.6) is 5.75 Å². The smallest absolute Gasteiger partial charge is 0.234 e. The first-order valence-corrected chi connectivity index (χ1v) is 10.2. The number of aryl methyl sites for hydroxylation is 1. The molecule has 1 N–H and O–H groups in total. The Morgan fingerprint density at radius 3 is 2.38 bits per heavy atom. The lowest BCUT2D eigenvalue weighted by molar-refractivity contribution is -0.123. The van der Waals surface area contributed by atoms with E-state index in [0.29, 0.717) is 12.5 Å². The van der Waals surface area contributed by atoms with Crippen molar-refractivity contribution in [2.45, 2.75) is 33.4 Å². The number of carbonyl (C=O) groups is 1. The zero-order valence-electron chi connectivity index (χ0n) is 17.9. The van der Waals surface area contributed by atoms with Crippen molar-refractivity contribution in [2.75, 3.05) is 39.8 Å². The Morgan fingerprint density at radius 2 is 1.83 bits per heavy atom. The van der Waals surface area contributed by atoms with Crippen LogP contribution in [0.25, 0.3) is 0 Å². The molecule has 2 aromatic rings. The molecule has 7 nitrogen and oxygen atoms in total. The van der Waals surface area contributed by atoms with Gasteiger partial charge in [-0.3, -0.25) is 14.6 Å². The van der Waals surface area contributed by atoms with Crippen molar-refractivity contribution in [3.8, 4) is 5.75 Å². The van der Waals surface area contributed by atoms with Gasteiger partial charge in [0, 0.05) is 38.8 Å². The topological polar surface area (TPSA) is 70.8 Å². The van der Waals surface area contributed by atoms with Crippen molar-refractivity contribution in [2.24, 2.45) is 5.92 Å². The van der Waals surface area contributed by atoms with Crippen molar-refractivity contribution < 1.29 is 14.1 Å². The van der Waals surface area contributed by atoms with Gasteiger partial charge in [0.2, 0.25) is 5.91 Å². The Morgan fingerprint density at radius 1 is 1.17 bits per heavy atom. The van der Waals surface area contributed by atoms with E-state index in [2.05, 4.69) is 34.1 Å². The van der Waals surface area contributed by atoms with Gasteiger partial charge in [-0.25, -0.2) is 0 Å². The molecule has 0 radical (unpaired) electrons. The van der Waals surface area contributed by atoms with Crippen LogP contribution in [0.1, 0.15) is 36.9 Å². The van der Waals surface area contributed by atoms with Crippen molar-refractivity contribution in [1.82, 2.24) is 20.3 Å². The van der Waals surface area contributed by atoms with Gasteiger partial charge in [-0.15, -0.1) is 0 Å². The molecule has 0 bridgehead atoms. The van der Waals surface area contributed by atoms with Gasteiger partial charge in [0.1, 0.15) is 11.5 Å². The summed E-state index contributed by atoms with van der Waals surface area (Å²) in [7, 11) is 1.66. The van der Waals surface area contributed by atoms with E-state index in [4.69, 9.17) is 9.26 Å². The molecule has 3 rings (SSSR count). The predicted octanol–water partition coefficient (Wildman–Crippen LogP) is 2.62. The van der Waals surface area contributed by atoms with Crippen LogP contribution >= 0.6 is 0 Å². The summed E-state index contributed by atoms with van der Waals surface area (Å²) in [6.45, 7) is 11.0. The monoisotopic (exact) mass is 400 g/mol. The van der Waals surface area contributed by atoms with Gasteiger partial charge in [-0.1, -0.05) is 31.1 Å². The summed E-state index contributed by atoms with van der Waals surface area (Å²) in [5.74, 6) is 2.03. The number of nitrogens with zero attached hydrogens (tertiary/aromatic N) is 3. The molecule has 2 heterocycles. The molecule has 1 saturated heterocycles. The molecular formula is C22H32N4O3. The fourth-order valence-corrected chi connectivity index (χ4v) is 3.70. The number of ether oxygens (including phenoxy) is 1. The van der Waals surface area contributed by atoms with Crippen LogP contribution in [0.3, 0.4) is 0 Å². The van der Waals surface area contributed by atoms with Crippen molar-refractivity contribution in [3.05, 3.63) is 47.3 Å². The first-order valence-electron chi connectivity index (χ1n) is 10.2. The quantitative estimate of drug-likeness (QED) is 0.735. The maximum Gasteiger partial charge on any atom is 0.234 e. The molecular weight excluding hydrogens is 368 g/mol. The second kappa shape index (κ2) is 9.89. The first-order chi connectivity index (χ1) is 13.9. The van der Waals surface area contributed by atoms with Crippen LogP contribution in [0.15, 0.2) is 34.9 Å². The molecule has 1 amide bonds. The van der Waals surface area contributed by atoms with Crippen molar-refractivity contribution in [3.63, 3.8) is 0 Å². The molecule has 0 spiro atoms. The number of hydrogen-bond donors (Lipinski definition) is 1. The maximum absolute atomic E-state index is 12.7. The number of methoxy groups -OCH3 is 1. The van der Waals surface area contributed by atoms with E-state index in [1.54, 1.807) is 7.11 Å². The van der Waals surface area contributed by atoms with E-state index in [1.807, 2.05) is 37.3 Å². The minimum Gasteiger partial charge on any atom is -0.497 e. The lowest BCUT2D eigenvalue weighted by Gasteiger charge is -2.34. The molecule has 1 fully saturated rings. The SMILES string of the molecule is COc1ccc([C@H](NC(=O)CN2CCN(Cc3cc(C)on3)CC2)C(C)C)cc1. The second-order valence-corrected chi connectivity index (χ2v) is 8.04. The normalized spacial score (nSPS) is 16.7. The second-order valence-electron chi connectivity index (χ2n) is 8.04. The molecule has 1 aromatic heterocycles. The number of piperazine rings is 1. The number of hydrogen-bond acceptors (Lipinski definition) is 6. The van der Waals surface area contributed by atoms with Gasteiger partial charge in [-0.2, -0.15) is 0 Å². The highest BCUT2D eigenvalue weighted by Gasteiger charge is 2.23. The molecule has 29 heavy (non-hydrogen) atoms. The third-order valence-electron chi connectivity index (χ3n) is 5.35. The summed E-state index contributed by atoms with van der Waals surface area (Å²) in [6.07, 6.45) is 0. The third-order valence-corrected chi connectivity index (χ3v) is 5.35. The number of amides is 1. The van der Waals surface area contributed by atoms with Crippen LogP contribution in [0.2, 0.25) is 0 Å². The predicted molar refractivity (Wildman–Crippen MR) is 112 cm³/mol. The number of rotatable bonds is 8. The van der Waals surface area contributed by atoms with Gasteiger partial charge in [0.05, 0.1) is 25.4 Å². The number of benzene rings is 1. The van der Waals surface area contributed by atoms with E-state index >= 15 is 0 Å². The molecule has 0 unspecified atom stereocenters. The third kappa shape index (κ3) is 6.05.